The van der Waals surface area contributed by atoms with E-state index in [1.807, 2.05) is 6.07 Å². The Hall–Kier alpha value is -1.51. The first-order valence-electron chi connectivity index (χ1n) is 5.49. The summed E-state index contributed by atoms with van der Waals surface area (Å²) in [5.41, 5.74) is 1.03. The lowest BCUT2D eigenvalue weighted by Gasteiger charge is -2.10. The number of hydrogen-bond donors (Lipinski definition) is 2. The maximum atomic E-state index is 11.1. The molecule has 0 aliphatic heterocycles. The van der Waals surface area contributed by atoms with Gasteiger partial charge in [0.05, 0.1) is 34.8 Å². The first kappa shape index (κ1) is 14.9. The fraction of sp³-hybridized carbons (Fsp3) is 0.0833. The Morgan fingerprint density at radius 2 is 2.35 bits per heavy atom. The van der Waals surface area contributed by atoms with Crippen LogP contribution in [0, 0.1) is 0 Å². The average Bonchev–Trinajstić information content (AvgIpc) is 2.97. The van der Waals surface area contributed by atoms with Crippen molar-refractivity contribution in [2.45, 2.75) is 11.4 Å². The Bertz CT molecular complexity index is 577. The van der Waals surface area contributed by atoms with Crippen LogP contribution in [-0.4, -0.2) is 6.29 Å². The molecule has 0 saturated carbocycles. The van der Waals surface area contributed by atoms with Gasteiger partial charge < -0.3 is 9.73 Å². The number of hydrogen-bond acceptors (Lipinski definition) is 7. The molecule has 8 heteroatoms. The molecule has 0 spiro atoms. The molecule has 106 valence electrons. The molecule has 0 aliphatic carbocycles. The van der Waals surface area contributed by atoms with Crippen molar-refractivity contribution >= 4 is 35.6 Å². The van der Waals surface area contributed by atoms with Gasteiger partial charge in [-0.2, -0.15) is 5.90 Å². The maximum absolute atomic E-state index is 11.1. The van der Waals surface area contributed by atoms with Crippen LogP contribution in [0.25, 0.3) is 0 Å². The zero-order chi connectivity index (χ0) is 14.4. The van der Waals surface area contributed by atoms with Gasteiger partial charge >= 0.3 is 0 Å². The predicted molar refractivity (Wildman–Crippen MR) is 75.1 cm³/mol. The normalized spacial score (nSPS) is 10.5. The minimum Gasteiger partial charge on any atom is -0.467 e. The molecule has 0 unspecified atom stereocenters. The van der Waals surface area contributed by atoms with Gasteiger partial charge in [0, 0.05) is 11.3 Å². The number of rotatable bonds is 7. The van der Waals surface area contributed by atoms with E-state index in [0.29, 0.717) is 34.0 Å². The Balaban J connectivity index is 2.15. The fourth-order valence-electron chi connectivity index (χ4n) is 1.54. The highest BCUT2D eigenvalue weighted by molar-refractivity contribution is 7.94. The monoisotopic (exact) mass is 314 g/mol. The van der Waals surface area contributed by atoms with Crippen molar-refractivity contribution in [3.05, 3.63) is 46.9 Å². The van der Waals surface area contributed by atoms with Gasteiger partial charge in [-0.3, -0.25) is 4.79 Å². The van der Waals surface area contributed by atoms with Crippen LogP contribution in [0.5, 0.6) is 0 Å². The van der Waals surface area contributed by atoms with E-state index in [1.54, 1.807) is 24.5 Å². The number of carbonyl (C=O) groups excluding carboxylic acids is 1. The second kappa shape index (κ2) is 7.32. The molecule has 2 aromatic rings. The van der Waals surface area contributed by atoms with Crippen LogP contribution in [0.15, 0.2) is 39.8 Å². The second-order valence-corrected chi connectivity index (χ2v) is 4.82. The van der Waals surface area contributed by atoms with Gasteiger partial charge in [0.15, 0.2) is 6.29 Å². The Kier molecular flexibility index (Phi) is 5.45. The maximum Gasteiger partial charge on any atom is 0.152 e. The molecular weight excluding hydrogens is 304 g/mol. The summed E-state index contributed by atoms with van der Waals surface area (Å²) in [6.07, 6.45) is 2.29. The quantitative estimate of drug-likeness (QED) is 0.351. The number of aldehydes is 1. The van der Waals surface area contributed by atoms with Gasteiger partial charge in [-0.15, -0.1) is 9.32 Å². The average molecular weight is 315 g/mol. The number of nitrogens with one attached hydrogen (secondary N) is 1. The SMILES string of the molecule is NOOSc1cc(C=O)c(NCc2ccco2)cc1Cl. The van der Waals surface area contributed by atoms with Gasteiger partial charge in [-0.05, 0) is 24.3 Å². The van der Waals surface area contributed by atoms with Gasteiger partial charge in [-0.25, -0.2) is 0 Å². The number of anilines is 1. The molecule has 0 atom stereocenters. The number of benzene rings is 1. The van der Waals surface area contributed by atoms with Gasteiger partial charge in [-0.1, -0.05) is 11.6 Å². The van der Waals surface area contributed by atoms with Crippen molar-refractivity contribution in [1.29, 1.82) is 0 Å². The summed E-state index contributed by atoms with van der Waals surface area (Å²) in [5, 5.41) is 3.48. The molecule has 0 fully saturated rings. The van der Waals surface area contributed by atoms with Crippen LogP contribution in [0.1, 0.15) is 16.1 Å². The van der Waals surface area contributed by atoms with Crippen LogP contribution in [0.3, 0.4) is 0 Å². The molecule has 0 bridgehead atoms. The van der Waals surface area contributed by atoms with Crippen molar-refractivity contribution in [1.82, 2.24) is 0 Å². The zero-order valence-corrected chi connectivity index (χ0v) is 11.7. The zero-order valence-electron chi connectivity index (χ0n) is 10.2. The Labute approximate surface area is 124 Å². The fourth-order valence-corrected chi connectivity index (χ4v) is 2.22. The molecular formula is C12H11ClN2O4S. The van der Waals surface area contributed by atoms with Crippen molar-refractivity contribution in [2.24, 2.45) is 5.90 Å². The number of halogens is 1. The van der Waals surface area contributed by atoms with Crippen LogP contribution >= 0.6 is 23.6 Å². The molecule has 1 aromatic carbocycles. The van der Waals surface area contributed by atoms with E-state index in [2.05, 4.69) is 14.6 Å². The molecule has 20 heavy (non-hydrogen) atoms. The largest absolute Gasteiger partial charge is 0.467 e. The molecule has 0 aliphatic rings. The smallest absolute Gasteiger partial charge is 0.152 e. The van der Waals surface area contributed by atoms with E-state index in [-0.39, 0.29) is 0 Å². The minimum absolute atomic E-state index is 0.402. The first-order chi connectivity index (χ1) is 9.74. The summed E-state index contributed by atoms with van der Waals surface area (Å²) >= 11 is 6.89. The molecule has 0 saturated heterocycles. The highest BCUT2D eigenvalue weighted by Gasteiger charge is 2.10. The van der Waals surface area contributed by atoms with E-state index in [9.17, 15) is 4.79 Å². The third-order valence-electron chi connectivity index (χ3n) is 2.43. The molecule has 1 heterocycles. The number of nitrogens with two attached hydrogens (primary N) is 1. The van der Waals surface area contributed by atoms with E-state index >= 15 is 0 Å². The lowest BCUT2D eigenvalue weighted by molar-refractivity contribution is -0.195. The van der Waals surface area contributed by atoms with Gasteiger partial charge in [0.1, 0.15) is 5.76 Å². The summed E-state index contributed by atoms with van der Waals surface area (Å²) in [5.74, 6) is 5.50. The molecule has 0 amide bonds. The number of furan rings is 1. The highest BCUT2D eigenvalue weighted by atomic mass is 35.5. The summed E-state index contributed by atoms with van der Waals surface area (Å²) in [7, 11) is 0. The molecule has 0 radical (unpaired) electrons. The third kappa shape index (κ3) is 3.75. The first-order valence-corrected chi connectivity index (χ1v) is 6.61. The van der Waals surface area contributed by atoms with Crippen molar-refractivity contribution in [3.63, 3.8) is 0 Å². The predicted octanol–water partition coefficient (Wildman–Crippen LogP) is 3.19. The standard InChI is InChI=1S/C12H11ClN2O4S/c13-10-5-11(15-6-9-2-1-3-17-9)8(7-16)4-12(10)20-19-18-14/h1-5,7,15H,6,14H2. The van der Waals surface area contributed by atoms with E-state index < -0.39 is 0 Å². The summed E-state index contributed by atoms with van der Waals surface area (Å²) in [6.45, 7) is 0.444. The summed E-state index contributed by atoms with van der Waals surface area (Å²) in [6, 6.07) is 6.81. The Morgan fingerprint density at radius 1 is 1.50 bits per heavy atom. The van der Waals surface area contributed by atoms with Gasteiger partial charge in [0.2, 0.25) is 0 Å². The van der Waals surface area contributed by atoms with Crippen molar-refractivity contribution in [2.75, 3.05) is 5.32 Å². The Morgan fingerprint density at radius 3 is 3.00 bits per heavy atom. The van der Waals surface area contributed by atoms with E-state index in [1.165, 1.54) is 0 Å². The van der Waals surface area contributed by atoms with Crippen LogP contribution in [-0.2, 0) is 15.9 Å². The molecule has 1 aromatic heterocycles. The lowest BCUT2D eigenvalue weighted by Crippen LogP contribution is -2.02. The number of carbonyl (C=O) groups is 1. The minimum atomic E-state index is 0.402. The molecule has 3 N–H and O–H groups in total. The summed E-state index contributed by atoms with van der Waals surface area (Å²) < 4.78 is 9.71. The molecule has 2 rings (SSSR count). The van der Waals surface area contributed by atoms with E-state index in [4.69, 9.17) is 21.9 Å². The van der Waals surface area contributed by atoms with Crippen molar-refractivity contribution in [3.8, 4) is 0 Å². The van der Waals surface area contributed by atoms with Crippen LogP contribution < -0.4 is 11.2 Å². The topological polar surface area (TPSA) is 86.7 Å². The van der Waals surface area contributed by atoms with Crippen molar-refractivity contribution < 1.29 is 18.5 Å². The highest BCUT2D eigenvalue weighted by Crippen LogP contribution is 2.32. The summed E-state index contributed by atoms with van der Waals surface area (Å²) in [4.78, 5) is 15.6. The van der Waals surface area contributed by atoms with Crippen LogP contribution in [0.2, 0.25) is 5.02 Å². The lowest BCUT2D eigenvalue weighted by atomic mass is 10.2. The second-order valence-electron chi connectivity index (χ2n) is 3.67. The van der Waals surface area contributed by atoms with Crippen LogP contribution in [0.4, 0.5) is 5.69 Å². The third-order valence-corrected chi connectivity index (χ3v) is 3.52. The molecule has 6 nitrogen and oxygen atoms in total. The van der Waals surface area contributed by atoms with Gasteiger partial charge in [0.25, 0.3) is 0 Å². The van der Waals surface area contributed by atoms with E-state index in [0.717, 1.165) is 17.8 Å².